The van der Waals surface area contributed by atoms with Crippen molar-refractivity contribution in [1.29, 1.82) is 0 Å². The van der Waals surface area contributed by atoms with E-state index in [0.29, 0.717) is 11.6 Å². The van der Waals surface area contributed by atoms with Crippen LogP contribution in [0.4, 0.5) is 15.8 Å². The van der Waals surface area contributed by atoms with Crippen molar-refractivity contribution < 1.29 is 4.39 Å². The lowest BCUT2D eigenvalue weighted by atomic mass is 10.1. The van der Waals surface area contributed by atoms with E-state index in [1.807, 2.05) is 17.8 Å². The molecule has 0 radical (unpaired) electrons. The monoisotopic (exact) mass is 240 g/mol. The molecule has 0 fully saturated rings. The van der Waals surface area contributed by atoms with Crippen LogP contribution in [0.1, 0.15) is 12.0 Å². The van der Waals surface area contributed by atoms with Crippen LogP contribution in [0.15, 0.2) is 12.1 Å². The Labute approximate surface area is 100 Å². The number of thioether (sulfide) groups is 1. The van der Waals surface area contributed by atoms with Gasteiger partial charge in [-0.25, -0.2) is 4.39 Å². The zero-order valence-electron chi connectivity index (χ0n) is 9.64. The fourth-order valence-corrected chi connectivity index (χ4v) is 2.41. The van der Waals surface area contributed by atoms with Gasteiger partial charge in [0.15, 0.2) is 0 Å². The maximum absolute atomic E-state index is 13.3. The van der Waals surface area contributed by atoms with E-state index in [1.165, 1.54) is 0 Å². The van der Waals surface area contributed by atoms with Crippen LogP contribution in [-0.4, -0.2) is 24.6 Å². The molecule has 0 aromatic heterocycles. The molecule has 0 bridgehead atoms. The lowest BCUT2D eigenvalue weighted by molar-refractivity contribution is 0.617. The fourth-order valence-electron chi connectivity index (χ4n) is 1.89. The van der Waals surface area contributed by atoms with Crippen LogP contribution < -0.4 is 10.6 Å². The van der Waals surface area contributed by atoms with Crippen LogP contribution in [-0.2, 0) is 0 Å². The molecule has 2 nitrogen and oxygen atoms in total. The molecule has 1 aromatic rings. The summed E-state index contributed by atoms with van der Waals surface area (Å²) < 4.78 is 13.3. The molecule has 2 rings (SSSR count). The first-order valence-corrected chi connectivity index (χ1v) is 6.89. The molecule has 1 unspecified atom stereocenters. The third-order valence-corrected chi connectivity index (χ3v) is 3.51. The molecule has 2 N–H and O–H groups in total. The summed E-state index contributed by atoms with van der Waals surface area (Å²) in [5.74, 6) is 1.00. The number of hydrogen-bond acceptors (Lipinski definition) is 3. The molecule has 0 amide bonds. The molecule has 1 heterocycles. The number of anilines is 2. The number of rotatable bonds is 3. The van der Waals surface area contributed by atoms with E-state index in [2.05, 4.69) is 16.9 Å². The van der Waals surface area contributed by atoms with Gasteiger partial charge in [-0.2, -0.15) is 11.8 Å². The van der Waals surface area contributed by atoms with E-state index in [4.69, 9.17) is 0 Å². The van der Waals surface area contributed by atoms with E-state index in [9.17, 15) is 4.39 Å². The highest BCUT2D eigenvalue weighted by Gasteiger charge is 2.17. The molecule has 1 aliphatic heterocycles. The molecule has 1 aliphatic rings. The van der Waals surface area contributed by atoms with Crippen molar-refractivity contribution >= 4 is 23.1 Å². The summed E-state index contributed by atoms with van der Waals surface area (Å²) in [4.78, 5) is 0. The van der Waals surface area contributed by atoms with Gasteiger partial charge < -0.3 is 10.6 Å². The summed E-state index contributed by atoms with van der Waals surface area (Å²) in [6.45, 7) is 2.67. The first kappa shape index (κ1) is 11.6. The number of nitrogens with one attached hydrogen (secondary N) is 2. The molecule has 88 valence electrons. The minimum absolute atomic E-state index is 0.143. The summed E-state index contributed by atoms with van der Waals surface area (Å²) >= 11 is 1.85. The second kappa shape index (κ2) is 4.95. The van der Waals surface area contributed by atoms with E-state index in [1.54, 1.807) is 13.0 Å². The van der Waals surface area contributed by atoms with Crippen LogP contribution in [0.5, 0.6) is 0 Å². The van der Waals surface area contributed by atoms with Gasteiger partial charge in [0.2, 0.25) is 0 Å². The van der Waals surface area contributed by atoms with E-state index in [-0.39, 0.29) is 5.82 Å². The van der Waals surface area contributed by atoms with Crippen LogP contribution in [0.3, 0.4) is 0 Å². The van der Waals surface area contributed by atoms with Crippen LogP contribution in [0.2, 0.25) is 0 Å². The average molecular weight is 240 g/mol. The quantitative estimate of drug-likeness (QED) is 0.849. The number of fused-ring (bicyclic) bond motifs is 1. The second-order valence-corrected chi connectivity index (χ2v) is 5.14. The topological polar surface area (TPSA) is 24.1 Å². The van der Waals surface area contributed by atoms with Crippen LogP contribution >= 0.6 is 11.8 Å². The van der Waals surface area contributed by atoms with Crippen molar-refractivity contribution in [3.63, 3.8) is 0 Å². The molecule has 0 aliphatic carbocycles. The number of aryl methyl sites for hydroxylation is 1. The van der Waals surface area contributed by atoms with Crippen molar-refractivity contribution in [3.05, 3.63) is 23.5 Å². The predicted octanol–water partition coefficient (Wildman–Crippen LogP) is 3.09. The predicted molar refractivity (Wildman–Crippen MR) is 70.0 cm³/mol. The Hall–Kier alpha value is -0.900. The Bertz CT molecular complexity index is 382. The Morgan fingerprint density at radius 3 is 3.00 bits per heavy atom. The fraction of sp³-hybridized carbons (Fsp3) is 0.500. The third-order valence-electron chi connectivity index (χ3n) is 2.87. The van der Waals surface area contributed by atoms with Gasteiger partial charge in [0.05, 0.1) is 11.4 Å². The maximum atomic E-state index is 13.3. The average Bonchev–Trinajstić information content (AvgIpc) is 2.28. The van der Waals surface area contributed by atoms with Gasteiger partial charge >= 0.3 is 0 Å². The molecule has 16 heavy (non-hydrogen) atoms. The van der Waals surface area contributed by atoms with Crippen molar-refractivity contribution in [1.82, 2.24) is 0 Å². The van der Waals surface area contributed by atoms with Crippen molar-refractivity contribution in [3.8, 4) is 0 Å². The van der Waals surface area contributed by atoms with E-state index >= 15 is 0 Å². The van der Waals surface area contributed by atoms with Gasteiger partial charge in [0.1, 0.15) is 5.82 Å². The molecule has 0 spiro atoms. The van der Waals surface area contributed by atoms with Gasteiger partial charge in [-0.3, -0.25) is 0 Å². The molecular weight excluding hydrogens is 223 g/mol. The van der Waals surface area contributed by atoms with Gasteiger partial charge in [0, 0.05) is 12.6 Å². The zero-order chi connectivity index (χ0) is 11.5. The van der Waals surface area contributed by atoms with Gasteiger partial charge in [0.25, 0.3) is 0 Å². The standard InChI is InChI=1S/C12H17FN2S/c1-8-5-12-11(6-10(8)13)14-7-9(15-12)3-4-16-2/h5-6,9,14-15H,3-4,7H2,1-2H3. The van der Waals surface area contributed by atoms with Gasteiger partial charge in [-0.05, 0) is 43.0 Å². The highest BCUT2D eigenvalue weighted by molar-refractivity contribution is 7.98. The highest BCUT2D eigenvalue weighted by atomic mass is 32.2. The summed E-state index contributed by atoms with van der Waals surface area (Å²) in [6, 6.07) is 3.90. The smallest absolute Gasteiger partial charge is 0.128 e. The first-order chi connectivity index (χ1) is 7.70. The first-order valence-electron chi connectivity index (χ1n) is 5.50. The molecule has 1 aromatic carbocycles. The van der Waals surface area contributed by atoms with E-state index in [0.717, 1.165) is 30.1 Å². The minimum Gasteiger partial charge on any atom is -0.381 e. The normalized spacial score (nSPS) is 18.6. The highest BCUT2D eigenvalue weighted by Crippen LogP contribution is 2.29. The van der Waals surface area contributed by atoms with Crippen LogP contribution in [0.25, 0.3) is 0 Å². The SMILES string of the molecule is CSCCC1CNc2cc(F)c(C)cc2N1. The van der Waals surface area contributed by atoms with E-state index < -0.39 is 0 Å². The maximum Gasteiger partial charge on any atom is 0.128 e. The Morgan fingerprint density at radius 1 is 1.44 bits per heavy atom. The summed E-state index contributed by atoms with van der Waals surface area (Å²) in [5, 5.41) is 6.74. The molecule has 1 atom stereocenters. The molecule has 4 heteroatoms. The molecule has 0 saturated carbocycles. The second-order valence-electron chi connectivity index (χ2n) is 4.15. The Morgan fingerprint density at radius 2 is 2.25 bits per heavy atom. The van der Waals surface area contributed by atoms with Gasteiger partial charge in [-0.1, -0.05) is 0 Å². The number of halogens is 1. The largest absolute Gasteiger partial charge is 0.381 e. The molecular formula is C12H17FN2S. The molecule has 0 saturated heterocycles. The Kier molecular flexibility index (Phi) is 3.59. The van der Waals surface area contributed by atoms with Crippen LogP contribution in [0, 0.1) is 12.7 Å². The summed E-state index contributed by atoms with van der Waals surface area (Å²) in [7, 11) is 0. The zero-order valence-corrected chi connectivity index (χ0v) is 10.5. The lowest BCUT2D eigenvalue weighted by Crippen LogP contribution is -2.33. The lowest BCUT2D eigenvalue weighted by Gasteiger charge is -2.28. The summed E-state index contributed by atoms with van der Waals surface area (Å²) in [6.07, 6.45) is 3.24. The third kappa shape index (κ3) is 2.43. The van der Waals surface area contributed by atoms with Gasteiger partial charge in [-0.15, -0.1) is 0 Å². The van der Waals surface area contributed by atoms with Crippen molar-refractivity contribution in [2.24, 2.45) is 0 Å². The number of hydrogen-bond donors (Lipinski definition) is 2. The van der Waals surface area contributed by atoms with Crippen molar-refractivity contribution in [2.75, 3.05) is 29.2 Å². The summed E-state index contributed by atoms with van der Waals surface area (Å²) in [5.41, 5.74) is 2.60. The minimum atomic E-state index is -0.143. The van der Waals surface area contributed by atoms with Crippen molar-refractivity contribution in [2.45, 2.75) is 19.4 Å². The number of benzene rings is 1. The Balaban J connectivity index is 2.11.